The average Bonchev–Trinajstić information content (AvgIpc) is 2.03. The van der Waals surface area contributed by atoms with Gasteiger partial charge in [0.1, 0.15) is 5.69 Å². The highest BCUT2D eigenvalue weighted by molar-refractivity contribution is 9.10. The number of methoxy groups -OCH3 is 1. The fourth-order valence-electron chi connectivity index (χ4n) is 0.779. The van der Waals surface area contributed by atoms with Crippen molar-refractivity contribution in [2.24, 2.45) is 0 Å². The molecule has 0 spiro atoms. The van der Waals surface area contributed by atoms with Crippen LogP contribution >= 0.6 is 15.9 Å². The van der Waals surface area contributed by atoms with Crippen LogP contribution in [0.5, 0.6) is 11.6 Å². The van der Waals surface area contributed by atoms with E-state index in [1.165, 1.54) is 7.11 Å². The summed E-state index contributed by atoms with van der Waals surface area (Å²) in [6.45, 7) is 0. The molecule has 1 aromatic heterocycles. The predicted molar refractivity (Wildman–Crippen MR) is 45.1 cm³/mol. The number of hydrogen-bond acceptors (Lipinski definition) is 3. The first-order chi connectivity index (χ1) is 6.06. The molecule has 0 unspecified atom stereocenters. The molecule has 0 bridgehead atoms. The lowest BCUT2D eigenvalue weighted by Gasteiger charge is -2.06. The van der Waals surface area contributed by atoms with Crippen molar-refractivity contribution >= 4 is 15.9 Å². The van der Waals surface area contributed by atoms with Crippen LogP contribution in [0.25, 0.3) is 0 Å². The zero-order valence-electron chi connectivity index (χ0n) is 6.59. The molecule has 72 valence electrons. The average molecular weight is 254 g/mol. The Kier molecular flexibility index (Phi) is 3.02. The number of hydrogen-bond donors (Lipinski definition) is 1. The fraction of sp³-hybridized carbons (Fsp3) is 0.286. The molecule has 0 saturated carbocycles. The minimum absolute atomic E-state index is 0.0563. The van der Waals surface area contributed by atoms with Crippen LogP contribution in [0.3, 0.4) is 0 Å². The van der Waals surface area contributed by atoms with E-state index >= 15 is 0 Å². The maximum absolute atomic E-state index is 12.2. The van der Waals surface area contributed by atoms with Gasteiger partial charge < -0.3 is 9.84 Å². The number of ether oxygens (including phenoxy) is 1. The molecule has 1 N–H and O–H groups in total. The summed E-state index contributed by atoms with van der Waals surface area (Å²) in [4.78, 5) is 3.42. The van der Waals surface area contributed by atoms with E-state index < -0.39 is 12.1 Å². The second-order valence-electron chi connectivity index (χ2n) is 2.18. The van der Waals surface area contributed by atoms with Crippen molar-refractivity contribution in [1.29, 1.82) is 0 Å². The Morgan fingerprint density at radius 3 is 2.69 bits per heavy atom. The van der Waals surface area contributed by atoms with Gasteiger partial charge in [-0.3, -0.25) is 0 Å². The van der Waals surface area contributed by atoms with Gasteiger partial charge in [0, 0.05) is 10.5 Å². The third kappa shape index (κ3) is 2.06. The highest BCUT2D eigenvalue weighted by Crippen LogP contribution is 2.33. The highest BCUT2D eigenvalue weighted by Gasteiger charge is 2.17. The number of rotatable bonds is 2. The molecule has 0 aliphatic heterocycles. The lowest BCUT2D eigenvalue weighted by molar-refractivity contribution is 0.143. The number of aromatic hydroxyl groups is 1. The Balaban J connectivity index is 3.22. The molecule has 1 aromatic rings. The van der Waals surface area contributed by atoms with Crippen LogP contribution in [-0.4, -0.2) is 17.2 Å². The lowest BCUT2D eigenvalue weighted by atomic mass is 10.3. The highest BCUT2D eigenvalue weighted by atomic mass is 79.9. The molecular weight excluding hydrogens is 248 g/mol. The van der Waals surface area contributed by atoms with E-state index in [1.54, 1.807) is 0 Å². The summed E-state index contributed by atoms with van der Waals surface area (Å²) in [5, 5.41) is 9.14. The Morgan fingerprint density at radius 1 is 1.62 bits per heavy atom. The Labute approximate surface area is 81.5 Å². The quantitative estimate of drug-likeness (QED) is 0.881. The summed E-state index contributed by atoms with van der Waals surface area (Å²) >= 11 is 2.85. The van der Waals surface area contributed by atoms with E-state index in [9.17, 15) is 8.78 Å². The minimum atomic E-state index is -2.70. The molecule has 6 heteroatoms. The van der Waals surface area contributed by atoms with Crippen molar-refractivity contribution in [3.8, 4) is 11.6 Å². The first-order valence-corrected chi connectivity index (χ1v) is 4.07. The fourth-order valence-corrected chi connectivity index (χ4v) is 1.26. The van der Waals surface area contributed by atoms with Crippen molar-refractivity contribution in [2.75, 3.05) is 7.11 Å². The van der Waals surface area contributed by atoms with E-state index in [0.717, 1.165) is 6.07 Å². The van der Waals surface area contributed by atoms with Gasteiger partial charge in [-0.15, -0.1) is 0 Å². The van der Waals surface area contributed by atoms with E-state index in [0.29, 0.717) is 0 Å². The van der Waals surface area contributed by atoms with Crippen molar-refractivity contribution < 1.29 is 18.6 Å². The third-order valence-electron chi connectivity index (χ3n) is 1.35. The second kappa shape index (κ2) is 3.87. The van der Waals surface area contributed by atoms with E-state index in [-0.39, 0.29) is 16.1 Å². The first-order valence-electron chi connectivity index (χ1n) is 3.27. The molecule has 0 fully saturated rings. The van der Waals surface area contributed by atoms with Crippen molar-refractivity contribution in [1.82, 2.24) is 4.98 Å². The van der Waals surface area contributed by atoms with E-state index in [2.05, 4.69) is 25.7 Å². The lowest BCUT2D eigenvalue weighted by Crippen LogP contribution is -1.96. The van der Waals surface area contributed by atoms with Crippen molar-refractivity contribution in [3.63, 3.8) is 0 Å². The van der Waals surface area contributed by atoms with Gasteiger partial charge in [-0.1, -0.05) is 0 Å². The summed E-state index contributed by atoms with van der Waals surface area (Å²) in [5.74, 6) is -0.489. The predicted octanol–water partition coefficient (Wildman–Crippen LogP) is 2.50. The van der Waals surface area contributed by atoms with Crippen LogP contribution in [0.2, 0.25) is 0 Å². The summed E-state index contributed by atoms with van der Waals surface area (Å²) in [7, 11) is 1.24. The van der Waals surface area contributed by atoms with Crippen LogP contribution < -0.4 is 4.74 Å². The second-order valence-corrected chi connectivity index (χ2v) is 3.04. The first kappa shape index (κ1) is 10.2. The minimum Gasteiger partial charge on any atom is -0.503 e. The third-order valence-corrected chi connectivity index (χ3v) is 1.98. The number of pyridine rings is 1. The zero-order valence-corrected chi connectivity index (χ0v) is 8.18. The summed E-state index contributed by atoms with van der Waals surface area (Å²) in [5.41, 5.74) is -0.449. The Morgan fingerprint density at radius 2 is 2.23 bits per heavy atom. The smallest absolute Gasteiger partial charge is 0.281 e. The maximum Gasteiger partial charge on any atom is 0.281 e. The number of aromatic nitrogens is 1. The number of alkyl halides is 2. The van der Waals surface area contributed by atoms with Gasteiger partial charge in [0.15, 0.2) is 5.75 Å². The van der Waals surface area contributed by atoms with Crippen LogP contribution in [0.1, 0.15) is 12.1 Å². The van der Waals surface area contributed by atoms with Gasteiger partial charge >= 0.3 is 0 Å². The molecule has 1 rings (SSSR count). The van der Waals surface area contributed by atoms with Crippen LogP contribution in [0.4, 0.5) is 8.78 Å². The molecular formula is C7H6BrF2NO2. The molecule has 0 atom stereocenters. The van der Waals surface area contributed by atoms with E-state index in [4.69, 9.17) is 5.11 Å². The molecule has 0 amide bonds. The summed E-state index contributed by atoms with van der Waals surface area (Å²) < 4.78 is 29.1. The molecule has 3 nitrogen and oxygen atoms in total. The van der Waals surface area contributed by atoms with Crippen molar-refractivity contribution in [3.05, 3.63) is 16.2 Å². The topological polar surface area (TPSA) is 42.4 Å². The molecule has 1 heterocycles. The SMILES string of the molecule is COc1nc(C(F)F)c(Br)cc1O. The Bertz CT molecular complexity index is 320. The van der Waals surface area contributed by atoms with Gasteiger partial charge in [0.05, 0.1) is 7.11 Å². The van der Waals surface area contributed by atoms with Gasteiger partial charge in [0.2, 0.25) is 0 Å². The Hall–Kier alpha value is -0.910. The molecule has 0 aromatic carbocycles. The molecule has 13 heavy (non-hydrogen) atoms. The normalized spacial score (nSPS) is 10.5. The summed E-state index contributed by atoms with van der Waals surface area (Å²) in [6.07, 6.45) is -2.70. The molecule has 0 saturated heterocycles. The number of nitrogens with zero attached hydrogens (tertiary/aromatic N) is 1. The standard InChI is InChI=1S/C7H6BrF2NO2/c1-13-7-4(12)2-3(8)5(11-7)6(9)10/h2,6,12H,1H3. The van der Waals surface area contributed by atoms with Gasteiger partial charge in [-0.25, -0.2) is 13.8 Å². The van der Waals surface area contributed by atoms with Gasteiger partial charge in [-0.05, 0) is 15.9 Å². The van der Waals surface area contributed by atoms with Crippen LogP contribution in [0, 0.1) is 0 Å². The molecule has 0 aliphatic carbocycles. The molecule has 0 aliphatic rings. The van der Waals surface area contributed by atoms with Crippen molar-refractivity contribution in [2.45, 2.75) is 6.43 Å². The van der Waals surface area contributed by atoms with Gasteiger partial charge in [0.25, 0.3) is 12.3 Å². The largest absolute Gasteiger partial charge is 0.503 e. The zero-order chi connectivity index (χ0) is 10.0. The van der Waals surface area contributed by atoms with Gasteiger partial charge in [-0.2, -0.15) is 0 Å². The van der Waals surface area contributed by atoms with Crippen LogP contribution in [-0.2, 0) is 0 Å². The monoisotopic (exact) mass is 253 g/mol. The van der Waals surface area contributed by atoms with Crippen LogP contribution in [0.15, 0.2) is 10.5 Å². The number of halogens is 3. The maximum atomic E-state index is 12.2. The summed E-state index contributed by atoms with van der Waals surface area (Å²) in [6, 6.07) is 1.12. The van der Waals surface area contributed by atoms with E-state index in [1.807, 2.05) is 0 Å². The molecule has 0 radical (unpaired) electrons.